The molecule has 4 nitrogen and oxygen atoms in total. The molecule has 0 fully saturated rings. The number of ether oxygens (including phenoxy) is 1. The Hall–Kier alpha value is -1.50. The van der Waals surface area contributed by atoms with Gasteiger partial charge in [0.25, 0.3) is 0 Å². The fourth-order valence-corrected chi connectivity index (χ4v) is 1.01. The van der Waals surface area contributed by atoms with Crippen LogP contribution in [0.3, 0.4) is 0 Å². The summed E-state index contributed by atoms with van der Waals surface area (Å²) in [5.41, 5.74) is 6.11. The zero-order valence-electron chi connectivity index (χ0n) is 8.42. The van der Waals surface area contributed by atoms with Crippen molar-refractivity contribution >= 4 is 11.5 Å². The quantitative estimate of drug-likeness (QED) is 0.762. The minimum atomic E-state index is -4.28. The number of alkyl halides is 3. The third-order valence-corrected chi connectivity index (χ3v) is 1.62. The van der Waals surface area contributed by atoms with E-state index in [0.717, 1.165) is 0 Å². The van der Waals surface area contributed by atoms with E-state index in [1.807, 2.05) is 0 Å². The van der Waals surface area contributed by atoms with Gasteiger partial charge in [0, 0.05) is 24.5 Å². The molecule has 0 aliphatic carbocycles. The van der Waals surface area contributed by atoms with Crippen molar-refractivity contribution in [3.63, 3.8) is 0 Å². The van der Waals surface area contributed by atoms with E-state index in [-0.39, 0.29) is 13.2 Å². The van der Waals surface area contributed by atoms with Gasteiger partial charge in [0.1, 0.15) is 12.4 Å². The van der Waals surface area contributed by atoms with Crippen LogP contribution in [0.4, 0.5) is 24.7 Å². The number of anilines is 2. The third-order valence-electron chi connectivity index (χ3n) is 1.62. The molecular weight excluding hydrogens is 223 g/mol. The molecule has 0 atom stereocenters. The number of nitrogens with two attached hydrogens (primary N) is 1. The standard InChI is InChI=1S/C9H12F3N3O/c10-9(11,12)6-16-4-3-14-7-1-2-15-8(13)5-7/h1-2,5H,3-4,6H2,(H3,13,14,15). The number of nitrogens with zero attached hydrogens (tertiary/aromatic N) is 1. The van der Waals surface area contributed by atoms with Crippen LogP contribution in [0.25, 0.3) is 0 Å². The average Bonchev–Trinajstić information content (AvgIpc) is 2.15. The topological polar surface area (TPSA) is 60.2 Å². The summed E-state index contributed by atoms with van der Waals surface area (Å²) in [6.45, 7) is -0.978. The zero-order chi connectivity index (χ0) is 12.0. The molecule has 0 aliphatic rings. The lowest BCUT2D eigenvalue weighted by Gasteiger charge is -2.09. The van der Waals surface area contributed by atoms with E-state index in [1.54, 1.807) is 12.1 Å². The van der Waals surface area contributed by atoms with Gasteiger partial charge in [-0.3, -0.25) is 0 Å². The van der Waals surface area contributed by atoms with Gasteiger partial charge in [0.2, 0.25) is 0 Å². The molecule has 0 aromatic carbocycles. The van der Waals surface area contributed by atoms with Gasteiger partial charge in [-0.2, -0.15) is 13.2 Å². The molecule has 1 aromatic rings. The maximum Gasteiger partial charge on any atom is 0.411 e. The Labute approximate surface area is 90.6 Å². The van der Waals surface area contributed by atoms with Gasteiger partial charge < -0.3 is 15.8 Å². The SMILES string of the molecule is Nc1cc(NCCOCC(F)(F)F)ccn1. The summed E-state index contributed by atoms with van der Waals surface area (Å²) in [6, 6.07) is 3.25. The van der Waals surface area contributed by atoms with Crippen molar-refractivity contribution in [3.05, 3.63) is 18.3 Å². The summed E-state index contributed by atoms with van der Waals surface area (Å²) >= 11 is 0. The van der Waals surface area contributed by atoms with Gasteiger partial charge in [-0.25, -0.2) is 4.98 Å². The Morgan fingerprint density at radius 2 is 2.19 bits per heavy atom. The van der Waals surface area contributed by atoms with E-state index >= 15 is 0 Å². The number of nitrogens with one attached hydrogen (secondary N) is 1. The molecule has 0 spiro atoms. The Balaban J connectivity index is 2.17. The Bertz CT molecular complexity index is 330. The van der Waals surface area contributed by atoms with Gasteiger partial charge in [0.15, 0.2) is 0 Å². The highest BCUT2D eigenvalue weighted by Gasteiger charge is 2.27. The van der Waals surface area contributed by atoms with Crippen molar-refractivity contribution in [1.82, 2.24) is 4.98 Å². The number of aromatic nitrogens is 1. The zero-order valence-corrected chi connectivity index (χ0v) is 8.42. The first kappa shape index (κ1) is 12.6. The van der Waals surface area contributed by atoms with E-state index in [9.17, 15) is 13.2 Å². The minimum Gasteiger partial charge on any atom is -0.384 e. The smallest absolute Gasteiger partial charge is 0.384 e. The molecule has 0 unspecified atom stereocenters. The van der Waals surface area contributed by atoms with Crippen molar-refractivity contribution in [2.24, 2.45) is 0 Å². The number of halogens is 3. The summed E-state index contributed by atoms with van der Waals surface area (Å²) < 4.78 is 39.5. The van der Waals surface area contributed by atoms with Gasteiger partial charge in [-0.1, -0.05) is 0 Å². The highest BCUT2D eigenvalue weighted by atomic mass is 19.4. The lowest BCUT2D eigenvalue weighted by molar-refractivity contribution is -0.172. The molecule has 0 saturated heterocycles. The Morgan fingerprint density at radius 3 is 2.81 bits per heavy atom. The van der Waals surface area contributed by atoms with Crippen LogP contribution < -0.4 is 11.1 Å². The van der Waals surface area contributed by atoms with Gasteiger partial charge in [-0.05, 0) is 6.07 Å². The number of rotatable bonds is 5. The first-order chi connectivity index (χ1) is 7.47. The monoisotopic (exact) mass is 235 g/mol. The van der Waals surface area contributed by atoms with Crippen molar-refractivity contribution in [1.29, 1.82) is 0 Å². The maximum atomic E-state index is 11.7. The molecule has 3 N–H and O–H groups in total. The number of hydrogen-bond donors (Lipinski definition) is 2. The van der Waals surface area contributed by atoms with Gasteiger partial charge in [-0.15, -0.1) is 0 Å². The molecule has 0 radical (unpaired) electrons. The van der Waals surface area contributed by atoms with Crippen LogP contribution in [-0.2, 0) is 4.74 Å². The molecule has 0 aliphatic heterocycles. The second-order valence-corrected chi connectivity index (χ2v) is 3.06. The highest BCUT2D eigenvalue weighted by molar-refractivity contribution is 5.49. The fraction of sp³-hybridized carbons (Fsp3) is 0.444. The van der Waals surface area contributed by atoms with Crippen LogP contribution in [0.1, 0.15) is 0 Å². The molecule has 16 heavy (non-hydrogen) atoms. The fourth-order valence-electron chi connectivity index (χ4n) is 1.01. The normalized spacial score (nSPS) is 11.4. The van der Waals surface area contributed by atoms with Crippen LogP contribution in [0, 0.1) is 0 Å². The lowest BCUT2D eigenvalue weighted by atomic mass is 10.4. The van der Waals surface area contributed by atoms with Crippen LogP contribution in [0.2, 0.25) is 0 Å². The molecule has 1 aromatic heterocycles. The summed E-state index contributed by atoms with van der Waals surface area (Å²) in [4.78, 5) is 3.77. The van der Waals surface area contributed by atoms with Crippen LogP contribution in [0.15, 0.2) is 18.3 Å². The molecule has 0 bridgehead atoms. The van der Waals surface area contributed by atoms with E-state index in [2.05, 4.69) is 15.0 Å². The summed E-state index contributed by atoms with van der Waals surface area (Å²) in [5.74, 6) is 0.348. The van der Waals surface area contributed by atoms with E-state index in [0.29, 0.717) is 11.5 Å². The van der Waals surface area contributed by atoms with Gasteiger partial charge >= 0.3 is 6.18 Å². The minimum absolute atomic E-state index is 0.0261. The second kappa shape index (κ2) is 5.55. The van der Waals surface area contributed by atoms with Gasteiger partial charge in [0.05, 0.1) is 6.61 Å². The van der Waals surface area contributed by atoms with E-state index in [4.69, 9.17) is 5.73 Å². The summed E-state index contributed by atoms with van der Waals surface area (Å²) in [5, 5.41) is 2.86. The average molecular weight is 235 g/mol. The largest absolute Gasteiger partial charge is 0.411 e. The van der Waals surface area contributed by atoms with Crippen molar-refractivity contribution in [2.75, 3.05) is 30.8 Å². The summed E-state index contributed by atoms with van der Waals surface area (Å²) in [6.07, 6.45) is -2.77. The number of nitrogen functional groups attached to an aromatic ring is 1. The maximum absolute atomic E-state index is 11.7. The molecular formula is C9H12F3N3O. The summed E-state index contributed by atoms with van der Waals surface area (Å²) in [7, 11) is 0. The molecule has 0 amide bonds. The second-order valence-electron chi connectivity index (χ2n) is 3.06. The van der Waals surface area contributed by atoms with Crippen molar-refractivity contribution < 1.29 is 17.9 Å². The van der Waals surface area contributed by atoms with Crippen molar-refractivity contribution in [3.8, 4) is 0 Å². The highest BCUT2D eigenvalue weighted by Crippen LogP contribution is 2.14. The molecule has 90 valence electrons. The first-order valence-corrected chi connectivity index (χ1v) is 4.57. The molecule has 1 heterocycles. The van der Waals surface area contributed by atoms with Crippen LogP contribution >= 0.6 is 0 Å². The molecule has 7 heteroatoms. The predicted molar refractivity (Wildman–Crippen MR) is 54.0 cm³/mol. The Morgan fingerprint density at radius 1 is 1.44 bits per heavy atom. The van der Waals surface area contributed by atoms with E-state index < -0.39 is 12.8 Å². The van der Waals surface area contributed by atoms with Crippen LogP contribution in [-0.4, -0.2) is 30.9 Å². The molecule has 1 rings (SSSR count). The number of hydrogen-bond acceptors (Lipinski definition) is 4. The lowest BCUT2D eigenvalue weighted by Crippen LogP contribution is -2.20. The van der Waals surface area contributed by atoms with Crippen molar-refractivity contribution in [2.45, 2.75) is 6.18 Å². The van der Waals surface area contributed by atoms with E-state index in [1.165, 1.54) is 6.20 Å². The Kier molecular flexibility index (Phi) is 4.36. The number of pyridine rings is 1. The van der Waals surface area contributed by atoms with Crippen LogP contribution in [0.5, 0.6) is 0 Å². The third kappa shape index (κ3) is 5.40. The molecule has 0 saturated carbocycles. The first-order valence-electron chi connectivity index (χ1n) is 4.57. The predicted octanol–water partition coefficient (Wildman–Crippen LogP) is 1.65.